The smallest absolute Gasteiger partial charge is 0.0300 e. The molecule has 2 rings (SSSR count). The van der Waals surface area contributed by atoms with Crippen molar-refractivity contribution in [2.75, 3.05) is 19.6 Å². The molecule has 2 heterocycles. The van der Waals surface area contributed by atoms with Crippen LogP contribution in [0.15, 0.2) is 15.9 Å². The van der Waals surface area contributed by atoms with Gasteiger partial charge in [0.1, 0.15) is 0 Å². The quantitative estimate of drug-likeness (QED) is 0.861. The van der Waals surface area contributed by atoms with Crippen LogP contribution in [0.2, 0.25) is 0 Å². The molecule has 1 saturated heterocycles. The molecule has 0 bridgehead atoms. The van der Waals surface area contributed by atoms with E-state index in [1.807, 2.05) is 11.3 Å². The summed E-state index contributed by atoms with van der Waals surface area (Å²) in [5.41, 5.74) is 0.377. The first-order valence-corrected chi connectivity index (χ1v) is 8.39. The maximum absolute atomic E-state index is 3.61. The molecule has 1 aliphatic rings. The van der Waals surface area contributed by atoms with Crippen molar-refractivity contribution in [3.05, 3.63) is 20.8 Å². The van der Waals surface area contributed by atoms with Crippen LogP contribution < -0.4 is 10.6 Å². The molecule has 1 aromatic rings. The first-order valence-electron chi connectivity index (χ1n) is 6.72. The summed E-state index contributed by atoms with van der Waals surface area (Å²) in [6.45, 7) is 9.24. The number of hydrogen-bond donors (Lipinski definition) is 2. The fourth-order valence-corrected chi connectivity index (χ4v) is 4.04. The molecule has 2 N–H and O–H groups in total. The van der Waals surface area contributed by atoms with Gasteiger partial charge in [-0.3, -0.25) is 0 Å². The van der Waals surface area contributed by atoms with Gasteiger partial charge in [-0.15, -0.1) is 11.3 Å². The lowest BCUT2D eigenvalue weighted by Crippen LogP contribution is -2.43. The highest BCUT2D eigenvalue weighted by Crippen LogP contribution is 2.31. The molecule has 1 aromatic heterocycles. The van der Waals surface area contributed by atoms with Crippen molar-refractivity contribution in [1.82, 2.24) is 10.6 Å². The summed E-state index contributed by atoms with van der Waals surface area (Å²) in [6.07, 6.45) is 2.69. The minimum atomic E-state index is 0.377. The van der Waals surface area contributed by atoms with Crippen LogP contribution in [-0.2, 0) is 6.54 Å². The zero-order chi connectivity index (χ0) is 13.0. The molecule has 1 aliphatic heterocycles. The molecule has 18 heavy (non-hydrogen) atoms. The van der Waals surface area contributed by atoms with Crippen molar-refractivity contribution in [3.8, 4) is 0 Å². The van der Waals surface area contributed by atoms with E-state index in [1.54, 1.807) is 0 Å². The zero-order valence-corrected chi connectivity index (χ0v) is 13.7. The molecule has 2 nitrogen and oxygen atoms in total. The Morgan fingerprint density at radius 2 is 2.39 bits per heavy atom. The van der Waals surface area contributed by atoms with Crippen LogP contribution in [0.5, 0.6) is 0 Å². The van der Waals surface area contributed by atoms with Crippen molar-refractivity contribution in [2.45, 2.75) is 33.2 Å². The van der Waals surface area contributed by atoms with Crippen LogP contribution in [0.4, 0.5) is 0 Å². The molecule has 0 saturated carbocycles. The monoisotopic (exact) mass is 330 g/mol. The van der Waals surface area contributed by atoms with Crippen molar-refractivity contribution >= 4 is 27.3 Å². The van der Waals surface area contributed by atoms with Gasteiger partial charge in [0.25, 0.3) is 0 Å². The molecule has 0 aliphatic carbocycles. The van der Waals surface area contributed by atoms with Crippen LogP contribution >= 0.6 is 27.3 Å². The highest BCUT2D eigenvalue weighted by molar-refractivity contribution is 9.10. The van der Waals surface area contributed by atoms with Crippen molar-refractivity contribution < 1.29 is 0 Å². The molecule has 0 amide bonds. The molecule has 4 heteroatoms. The van der Waals surface area contributed by atoms with Crippen LogP contribution in [0.25, 0.3) is 0 Å². The van der Waals surface area contributed by atoms with E-state index in [-0.39, 0.29) is 0 Å². The van der Waals surface area contributed by atoms with Gasteiger partial charge in [-0.2, -0.15) is 0 Å². The van der Waals surface area contributed by atoms with Gasteiger partial charge in [0.15, 0.2) is 0 Å². The first kappa shape index (κ1) is 14.5. The third-order valence-corrected chi connectivity index (χ3v) is 5.60. The summed E-state index contributed by atoms with van der Waals surface area (Å²) in [4.78, 5) is 1.40. The van der Waals surface area contributed by atoms with Gasteiger partial charge >= 0.3 is 0 Å². The summed E-state index contributed by atoms with van der Waals surface area (Å²) >= 11 is 5.31. The van der Waals surface area contributed by atoms with E-state index >= 15 is 0 Å². The Hall–Kier alpha value is 0.1000. The first-order chi connectivity index (χ1) is 8.58. The second kappa shape index (κ2) is 6.51. The Bertz CT molecular complexity index is 370. The zero-order valence-electron chi connectivity index (χ0n) is 11.3. The van der Waals surface area contributed by atoms with Gasteiger partial charge < -0.3 is 10.6 Å². The fourth-order valence-electron chi connectivity index (χ4n) is 2.62. The van der Waals surface area contributed by atoms with E-state index in [4.69, 9.17) is 0 Å². The number of rotatable bonds is 5. The Balaban J connectivity index is 1.77. The van der Waals surface area contributed by atoms with Crippen LogP contribution in [-0.4, -0.2) is 19.6 Å². The Labute approximate surface area is 123 Å². The number of piperidine rings is 1. The predicted molar refractivity (Wildman–Crippen MR) is 83.1 cm³/mol. The second-order valence-corrected chi connectivity index (χ2v) is 7.78. The normalized spacial score (nSPS) is 21.2. The standard InChI is InChI=1S/C14H23BrN2S/c1-14(2,11-4-3-5-16-7-11)10-17-8-13-6-12(15)9-18-13/h6,9,11,16-17H,3-5,7-8,10H2,1-2H3. The maximum atomic E-state index is 3.61. The molecule has 0 aromatic carbocycles. The van der Waals surface area contributed by atoms with E-state index < -0.39 is 0 Å². The van der Waals surface area contributed by atoms with Gasteiger partial charge in [-0.1, -0.05) is 13.8 Å². The second-order valence-electron chi connectivity index (χ2n) is 5.87. The van der Waals surface area contributed by atoms with Gasteiger partial charge in [0.05, 0.1) is 0 Å². The Morgan fingerprint density at radius 1 is 1.56 bits per heavy atom. The van der Waals surface area contributed by atoms with Gasteiger partial charge in [-0.25, -0.2) is 0 Å². The van der Waals surface area contributed by atoms with Crippen molar-refractivity contribution in [2.24, 2.45) is 11.3 Å². The number of thiophene rings is 1. The minimum absolute atomic E-state index is 0.377. The number of nitrogens with one attached hydrogen (secondary N) is 2. The molecular formula is C14H23BrN2S. The molecule has 0 spiro atoms. The largest absolute Gasteiger partial charge is 0.316 e. The van der Waals surface area contributed by atoms with E-state index in [0.29, 0.717) is 5.41 Å². The third kappa shape index (κ3) is 4.05. The molecular weight excluding hydrogens is 308 g/mol. The molecule has 102 valence electrons. The van der Waals surface area contributed by atoms with Crippen LogP contribution in [0.3, 0.4) is 0 Å². The Kier molecular flexibility index (Phi) is 5.24. The van der Waals surface area contributed by atoms with Crippen LogP contribution in [0, 0.1) is 11.3 Å². The highest BCUT2D eigenvalue weighted by Gasteiger charge is 2.30. The summed E-state index contributed by atoms with van der Waals surface area (Å²) < 4.78 is 1.19. The SMILES string of the molecule is CC(C)(CNCc1cc(Br)cs1)C1CCCNC1. The molecule has 1 unspecified atom stereocenters. The van der Waals surface area contributed by atoms with E-state index in [2.05, 4.69) is 51.9 Å². The van der Waals surface area contributed by atoms with Crippen molar-refractivity contribution in [1.29, 1.82) is 0 Å². The highest BCUT2D eigenvalue weighted by atomic mass is 79.9. The number of halogens is 1. The topological polar surface area (TPSA) is 24.1 Å². The summed E-state index contributed by atoms with van der Waals surface area (Å²) in [7, 11) is 0. The average Bonchev–Trinajstić information content (AvgIpc) is 2.76. The third-order valence-electron chi connectivity index (χ3n) is 3.90. The molecule has 1 fully saturated rings. The fraction of sp³-hybridized carbons (Fsp3) is 0.714. The van der Waals surface area contributed by atoms with E-state index in [9.17, 15) is 0 Å². The average molecular weight is 331 g/mol. The lowest BCUT2D eigenvalue weighted by Gasteiger charge is -2.37. The van der Waals surface area contributed by atoms with Crippen molar-refractivity contribution in [3.63, 3.8) is 0 Å². The molecule has 1 atom stereocenters. The predicted octanol–water partition coefficient (Wildman–Crippen LogP) is 3.63. The van der Waals surface area contributed by atoms with E-state index in [1.165, 1.54) is 35.3 Å². The summed E-state index contributed by atoms with van der Waals surface area (Å²) in [5, 5.41) is 9.28. The van der Waals surface area contributed by atoms with Gasteiger partial charge in [0.2, 0.25) is 0 Å². The van der Waals surface area contributed by atoms with Gasteiger partial charge in [-0.05, 0) is 59.3 Å². The van der Waals surface area contributed by atoms with E-state index in [0.717, 1.165) is 19.0 Å². The van der Waals surface area contributed by atoms with Gasteiger partial charge in [0, 0.05) is 27.8 Å². The summed E-state index contributed by atoms with van der Waals surface area (Å²) in [6, 6.07) is 2.20. The lowest BCUT2D eigenvalue weighted by atomic mass is 9.75. The molecule has 0 radical (unpaired) electrons. The minimum Gasteiger partial charge on any atom is -0.316 e. The number of hydrogen-bond acceptors (Lipinski definition) is 3. The van der Waals surface area contributed by atoms with Crippen LogP contribution in [0.1, 0.15) is 31.6 Å². The Morgan fingerprint density at radius 3 is 3.00 bits per heavy atom. The maximum Gasteiger partial charge on any atom is 0.0300 e. The summed E-state index contributed by atoms with van der Waals surface area (Å²) in [5.74, 6) is 0.800. The lowest BCUT2D eigenvalue weighted by molar-refractivity contribution is 0.166.